The average Bonchev–Trinajstić information content (AvgIpc) is 2.24. The second-order valence-electron chi connectivity index (χ2n) is 5.59. The van der Waals surface area contributed by atoms with Crippen molar-refractivity contribution < 1.29 is 4.79 Å². The van der Waals surface area contributed by atoms with Crippen LogP contribution in [0.3, 0.4) is 0 Å². The Kier molecular flexibility index (Phi) is 4.78. The first-order valence-electron chi connectivity index (χ1n) is 6.53. The molecule has 94 valence electrons. The maximum Gasteiger partial charge on any atom is 0.220 e. The summed E-state index contributed by atoms with van der Waals surface area (Å²) in [7, 11) is 0. The zero-order valence-corrected chi connectivity index (χ0v) is 10.9. The van der Waals surface area contributed by atoms with Gasteiger partial charge in [0.2, 0.25) is 5.91 Å². The van der Waals surface area contributed by atoms with Crippen molar-refractivity contribution in [2.24, 2.45) is 11.1 Å². The zero-order valence-electron chi connectivity index (χ0n) is 10.9. The Morgan fingerprint density at radius 2 is 2.06 bits per heavy atom. The number of unbranched alkanes of at least 4 members (excludes halogenated alkanes) is 3. The van der Waals surface area contributed by atoms with Gasteiger partial charge >= 0.3 is 0 Å². The lowest BCUT2D eigenvalue weighted by Crippen LogP contribution is -2.64. The molecule has 0 spiro atoms. The number of amides is 1. The summed E-state index contributed by atoms with van der Waals surface area (Å²) in [4.78, 5) is 11.7. The number of hydrogen-bond donors (Lipinski definition) is 2. The highest BCUT2D eigenvalue weighted by atomic mass is 16.1. The van der Waals surface area contributed by atoms with Gasteiger partial charge in [0.25, 0.3) is 0 Å². The first-order chi connectivity index (χ1) is 7.48. The molecule has 3 N–H and O–H groups in total. The van der Waals surface area contributed by atoms with Gasteiger partial charge in [0.1, 0.15) is 0 Å². The van der Waals surface area contributed by atoms with Gasteiger partial charge in [-0.15, -0.1) is 0 Å². The molecule has 2 atom stereocenters. The number of carbonyl (C=O) groups is 1. The summed E-state index contributed by atoms with van der Waals surface area (Å²) in [5.41, 5.74) is 5.98. The molecular weight excluding hydrogens is 200 g/mol. The standard InChI is InChI=1S/C13H26N2O/c1-4-5-6-7-8-12(16)15-11-9-10(14)13(11,2)3/h10-11H,4-9,14H2,1-3H3,(H,15,16). The van der Waals surface area contributed by atoms with E-state index in [0.717, 1.165) is 19.3 Å². The molecule has 3 nitrogen and oxygen atoms in total. The predicted molar refractivity (Wildman–Crippen MR) is 67.1 cm³/mol. The summed E-state index contributed by atoms with van der Waals surface area (Å²) in [5.74, 6) is 0.195. The van der Waals surface area contributed by atoms with Crippen LogP contribution in [0.4, 0.5) is 0 Å². The van der Waals surface area contributed by atoms with Gasteiger partial charge in [-0.1, -0.05) is 40.0 Å². The van der Waals surface area contributed by atoms with E-state index in [1.807, 2.05) is 0 Å². The topological polar surface area (TPSA) is 55.1 Å². The molecule has 0 aromatic rings. The van der Waals surface area contributed by atoms with Crippen molar-refractivity contribution in [3.8, 4) is 0 Å². The Hall–Kier alpha value is -0.570. The molecule has 1 aliphatic carbocycles. The average molecular weight is 226 g/mol. The van der Waals surface area contributed by atoms with Crippen LogP contribution in [0.5, 0.6) is 0 Å². The van der Waals surface area contributed by atoms with Crippen LogP contribution in [0.25, 0.3) is 0 Å². The van der Waals surface area contributed by atoms with Crippen LogP contribution in [0.15, 0.2) is 0 Å². The highest BCUT2D eigenvalue weighted by molar-refractivity contribution is 5.76. The Morgan fingerprint density at radius 3 is 2.56 bits per heavy atom. The van der Waals surface area contributed by atoms with Crippen molar-refractivity contribution in [2.75, 3.05) is 0 Å². The summed E-state index contributed by atoms with van der Waals surface area (Å²) in [6.07, 6.45) is 6.21. The lowest BCUT2D eigenvalue weighted by Gasteiger charge is -2.50. The van der Waals surface area contributed by atoms with Gasteiger partial charge in [0.05, 0.1) is 0 Å². The van der Waals surface area contributed by atoms with E-state index in [4.69, 9.17) is 5.73 Å². The summed E-state index contributed by atoms with van der Waals surface area (Å²) in [6.45, 7) is 6.44. The number of rotatable bonds is 6. The molecule has 0 aromatic heterocycles. The van der Waals surface area contributed by atoms with Crippen LogP contribution in [0.1, 0.15) is 59.3 Å². The SMILES string of the molecule is CCCCCCC(=O)NC1CC(N)C1(C)C. The third-order valence-electron chi connectivity index (χ3n) is 3.94. The monoisotopic (exact) mass is 226 g/mol. The van der Waals surface area contributed by atoms with Gasteiger partial charge in [0, 0.05) is 23.9 Å². The number of hydrogen-bond acceptors (Lipinski definition) is 2. The van der Waals surface area contributed by atoms with Crippen molar-refractivity contribution >= 4 is 5.91 Å². The molecule has 0 aliphatic heterocycles. The molecule has 0 heterocycles. The lowest BCUT2D eigenvalue weighted by molar-refractivity contribution is -0.124. The minimum atomic E-state index is 0.0685. The van der Waals surface area contributed by atoms with Crippen molar-refractivity contribution in [3.05, 3.63) is 0 Å². The summed E-state index contributed by atoms with van der Waals surface area (Å²) < 4.78 is 0. The van der Waals surface area contributed by atoms with E-state index < -0.39 is 0 Å². The van der Waals surface area contributed by atoms with E-state index in [1.54, 1.807) is 0 Å². The maximum atomic E-state index is 11.7. The highest BCUT2D eigenvalue weighted by Gasteiger charge is 2.46. The summed E-state index contributed by atoms with van der Waals surface area (Å²) in [5, 5.41) is 3.10. The largest absolute Gasteiger partial charge is 0.353 e. The number of nitrogens with one attached hydrogen (secondary N) is 1. The van der Waals surface area contributed by atoms with Crippen LogP contribution in [-0.4, -0.2) is 18.0 Å². The maximum absolute atomic E-state index is 11.7. The van der Waals surface area contributed by atoms with Crippen LogP contribution < -0.4 is 11.1 Å². The third kappa shape index (κ3) is 3.21. The van der Waals surface area contributed by atoms with Gasteiger partial charge < -0.3 is 11.1 Å². The van der Waals surface area contributed by atoms with Gasteiger partial charge in [-0.05, 0) is 12.8 Å². The molecule has 16 heavy (non-hydrogen) atoms. The zero-order chi connectivity index (χ0) is 12.2. The summed E-state index contributed by atoms with van der Waals surface area (Å²) >= 11 is 0. The van der Waals surface area contributed by atoms with Crippen LogP contribution >= 0.6 is 0 Å². The molecule has 1 saturated carbocycles. The van der Waals surface area contributed by atoms with Crippen molar-refractivity contribution in [3.63, 3.8) is 0 Å². The predicted octanol–water partition coefficient (Wildman–Crippen LogP) is 2.20. The van der Waals surface area contributed by atoms with Crippen molar-refractivity contribution in [1.82, 2.24) is 5.32 Å². The van der Waals surface area contributed by atoms with Gasteiger partial charge in [-0.2, -0.15) is 0 Å². The fourth-order valence-corrected chi connectivity index (χ4v) is 2.18. The van der Waals surface area contributed by atoms with Gasteiger partial charge in [0.15, 0.2) is 0 Å². The lowest BCUT2D eigenvalue weighted by atomic mass is 9.63. The number of carbonyl (C=O) groups excluding carboxylic acids is 1. The van der Waals surface area contributed by atoms with E-state index in [1.165, 1.54) is 12.8 Å². The quantitative estimate of drug-likeness (QED) is 0.682. The Balaban J connectivity index is 2.16. The normalized spacial score (nSPS) is 27.2. The fraction of sp³-hybridized carbons (Fsp3) is 0.923. The molecule has 1 rings (SSSR count). The van der Waals surface area contributed by atoms with E-state index in [-0.39, 0.29) is 23.4 Å². The first-order valence-corrected chi connectivity index (χ1v) is 6.53. The Morgan fingerprint density at radius 1 is 1.38 bits per heavy atom. The molecule has 0 radical (unpaired) electrons. The molecular formula is C13H26N2O. The second kappa shape index (κ2) is 5.67. The van der Waals surface area contributed by atoms with Gasteiger partial charge in [-0.25, -0.2) is 0 Å². The number of nitrogens with two attached hydrogens (primary N) is 1. The first kappa shape index (κ1) is 13.5. The Bertz CT molecular complexity index is 238. The third-order valence-corrected chi connectivity index (χ3v) is 3.94. The highest BCUT2D eigenvalue weighted by Crippen LogP contribution is 2.38. The molecule has 1 amide bonds. The molecule has 1 aliphatic rings. The molecule has 0 saturated heterocycles. The van der Waals surface area contributed by atoms with E-state index in [2.05, 4.69) is 26.1 Å². The van der Waals surface area contributed by atoms with Crippen LogP contribution in [0.2, 0.25) is 0 Å². The molecule has 0 bridgehead atoms. The fourth-order valence-electron chi connectivity index (χ4n) is 2.18. The molecule has 1 fully saturated rings. The second-order valence-corrected chi connectivity index (χ2v) is 5.59. The minimum absolute atomic E-state index is 0.0685. The smallest absolute Gasteiger partial charge is 0.220 e. The molecule has 0 aromatic carbocycles. The minimum Gasteiger partial charge on any atom is -0.353 e. The van der Waals surface area contributed by atoms with E-state index in [9.17, 15) is 4.79 Å². The van der Waals surface area contributed by atoms with Gasteiger partial charge in [-0.3, -0.25) is 4.79 Å². The van der Waals surface area contributed by atoms with E-state index >= 15 is 0 Å². The van der Waals surface area contributed by atoms with Crippen molar-refractivity contribution in [1.29, 1.82) is 0 Å². The Labute approximate surface area is 99.2 Å². The van der Waals surface area contributed by atoms with Crippen molar-refractivity contribution in [2.45, 2.75) is 71.4 Å². The van der Waals surface area contributed by atoms with E-state index in [0.29, 0.717) is 6.42 Å². The summed E-state index contributed by atoms with van der Waals surface area (Å²) in [6, 6.07) is 0.513. The van der Waals surface area contributed by atoms with Crippen LogP contribution in [-0.2, 0) is 4.79 Å². The molecule has 2 unspecified atom stereocenters. The molecule has 3 heteroatoms. The van der Waals surface area contributed by atoms with Crippen LogP contribution in [0, 0.1) is 5.41 Å².